The molecule has 1 aromatic rings. The fourth-order valence-corrected chi connectivity index (χ4v) is 3.05. The Hall–Kier alpha value is -1.20. The number of aliphatic hydroxyl groups excluding tert-OH is 1. The zero-order valence-electron chi connectivity index (χ0n) is 11.7. The zero-order valence-corrected chi connectivity index (χ0v) is 12.5. The number of nitrogens with zero attached hydrogens (tertiary/aromatic N) is 2. The minimum atomic E-state index is -0.765. The van der Waals surface area contributed by atoms with E-state index in [1.807, 2.05) is 6.92 Å². The van der Waals surface area contributed by atoms with Gasteiger partial charge in [0.2, 0.25) is 0 Å². The van der Waals surface area contributed by atoms with Crippen molar-refractivity contribution in [1.82, 2.24) is 9.97 Å². The molecule has 1 aromatic heterocycles. The second-order valence-corrected chi connectivity index (χ2v) is 5.78. The van der Waals surface area contributed by atoms with Crippen LogP contribution in [-0.2, 0) is 9.53 Å². The second-order valence-electron chi connectivity index (χ2n) is 5.39. The fourth-order valence-electron chi connectivity index (χ4n) is 2.81. The molecule has 6 heteroatoms. The van der Waals surface area contributed by atoms with E-state index >= 15 is 0 Å². The average molecular weight is 299 g/mol. The van der Waals surface area contributed by atoms with Gasteiger partial charge in [0, 0.05) is 11.6 Å². The highest BCUT2D eigenvalue weighted by Gasteiger charge is 2.43. The molecule has 5 nitrogen and oxygen atoms in total. The molecule has 20 heavy (non-hydrogen) atoms. The molecule has 0 radical (unpaired) electrons. The molecule has 0 aliphatic heterocycles. The number of esters is 1. The first-order valence-electron chi connectivity index (χ1n) is 6.71. The molecule has 0 atom stereocenters. The van der Waals surface area contributed by atoms with Gasteiger partial charge in [-0.25, -0.2) is 9.97 Å². The normalized spacial score (nSPS) is 26.3. The Morgan fingerprint density at radius 2 is 2.15 bits per heavy atom. The van der Waals surface area contributed by atoms with Crippen molar-refractivity contribution in [2.24, 2.45) is 5.41 Å². The summed E-state index contributed by atoms with van der Waals surface area (Å²) in [5.41, 5.74) is 0.0748. The van der Waals surface area contributed by atoms with Gasteiger partial charge >= 0.3 is 5.97 Å². The number of rotatable bonds is 3. The van der Waals surface area contributed by atoms with Gasteiger partial charge in [0.25, 0.3) is 0 Å². The predicted molar refractivity (Wildman–Crippen MR) is 74.5 cm³/mol. The summed E-state index contributed by atoms with van der Waals surface area (Å²) < 4.78 is 4.81. The van der Waals surface area contributed by atoms with Gasteiger partial charge in [-0.15, -0.1) is 0 Å². The first-order chi connectivity index (χ1) is 9.50. The Labute approximate surface area is 123 Å². The third kappa shape index (κ3) is 2.94. The Bertz CT molecular complexity index is 479. The van der Waals surface area contributed by atoms with Gasteiger partial charge in [-0.1, -0.05) is 11.6 Å². The molecule has 0 amide bonds. The lowest BCUT2D eigenvalue weighted by molar-refractivity contribution is -0.158. The van der Waals surface area contributed by atoms with Crippen LogP contribution in [0.2, 0.25) is 5.15 Å². The third-order valence-corrected chi connectivity index (χ3v) is 4.26. The number of aliphatic hydroxyl groups is 1. The number of methoxy groups -OCH3 is 1. The summed E-state index contributed by atoms with van der Waals surface area (Å²) in [4.78, 5) is 20.5. The summed E-state index contributed by atoms with van der Waals surface area (Å²) >= 11 is 5.96. The molecular weight excluding hydrogens is 280 g/mol. The van der Waals surface area contributed by atoms with Crippen molar-refractivity contribution < 1.29 is 14.6 Å². The minimum Gasteiger partial charge on any atom is -0.469 e. The molecule has 0 spiro atoms. The number of carbonyl (C=O) groups is 1. The lowest BCUT2D eigenvalue weighted by atomic mass is 9.70. The highest BCUT2D eigenvalue weighted by molar-refractivity contribution is 6.29. The number of halogens is 1. The van der Waals surface area contributed by atoms with Crippen LogP contribution in [0.3, 0.4) is 0 Å². The molecule has 0 bridgehead atoms. The first-order valence-corrected chi connectivity index (χ1v) is 7.09. The van der Waals surface area contributed by atoms with E-state index in [4.69, 9.17) is 16.3 Å². The Balaban J connectivity index is 2.12. The summed E-state index contributed by atoms with van der Waals surface area (Å²) in [5, 5.41) is 9.98. The number of aryl methyl sites for hydroxylation is 1. The lowest BCUT2D eigenvalue weighted by Gasteiger charge is -2.35. The van der Waals surface area contributed by atoms with Crippen LogP contribution >= 0.6 is 11.6 Å². The van der Waals surface area contributed by atoms with E-state index in [9.17, 15) is 9.90 Å². The topological polar surface area (TPSA) is 72.3 Å². The van der Waals surface area contributed by atoms with Crippen LogP contribution in [0.25, 0.3) is 0 Å². The molecule has 1 aliphatic rings. The number of hydrogen-bond donors (Lipinski definition) is 1. The smallest absolute Gasteiger partial charge is 0.314 e. The maximum atomic E-state index is 11.8. The second kappa shape index (κ2) is 6.06. The molecular formula is C14H19ClN2O3. The maximum Gasteiger partial charge on any atom is 0.314 e. The van der Waals surface area contributed by atoms with Crippen LogP contribution in [0.4, 0.5) is 0 Å². The summed E-state index contributed by atoms with van der Waals surface area (Å²) in [5.74, 6) is 0.574. The van der Waals surface area contributed by atoms with Crippen molar-refractivity contribution in [2.75, 3.05) is 13.7 Å². The van der Waals surface area contributed by atoms with E-state index in [0.717, 1.165) is 24.4 Å². The molecule has 1 N–H and O–H groups in total. The van der Waals surface area contributed by atoms with Crippen molar-refractivity contribution in [1.29, 1.82) is 0 Å². The molecule has 0 saturated heterocycles. The van der Waals surface area contributed by atoms with Gasteiger partial charge in [-0.3, -0.25) is 4.79 Å². The van der Waals surface area contributed by atoms with E-state index in [2.05, 4.69) is 9.97 Å². The molecule has 1 aliphatic carbocycles. The van der Waals surface area contributed by atoms with Gasteiger partial charge < -0.3 is 9.84 Å². The van der Waals surface area contributed by atoms with E-state index in [0.29, 0.717) is 18.0 Å². The average Bonchev–Trinajstić information content (AvgIpc) is 2.45. The summed E-state index contributed by atoms with van der Waals surface area (Å²) in [6.45, 7) is 1.70. The van der Waals surface area contributed by atoms with E-state index in [-0.39, 0.29) is 18.5 Å². The minimum absolute atomic E-state index is 0.178. The van der Waals surface area contributed by atoms with Crippen molar-refractivity contribution in [2.45, 2.75) is 38.5 Å². The number of hydrogen-bond acceptors (Lipinski definition) is 5. The van der Waals surface area contributed by atoms with Crippen LogP contribution in [0.1, 0.15) is 43.1 Å². The van der Waals surface area contributed by atoms with Crippen molar-refractivity contribution in [3.05, 3.63) is 22.7 Å². The van der Waals surface area contributed by atoms with E-state index in [1.165, 1.54) is 7.11 Å². The quantitative estimate of drug-likeness (QED) is 0.684. The van der Waals surface area contributed by atoms with Crippen molar-refractivity contribution in [3.8, 4) is 0 Å². The zero-order chi connectivity index (χ0) is 14.8. The highest BCUT2D eigenvalue weighted by Crippen LogP contribution is 2.42. The van der Waals surface area contributed by atoms with E-state index < -0.39 is 5.41 Å². The van der Waals surface area contributed by atoms with Crippen LogP contribution in [0, 0.1) is 12.3 Å². The Morgan fingerprint density at radius 1 is 1.50 bits per heavy atom. The van der Waals surface area contributed by atoms with Crippen LogP contribution in [-0.4, -0.2) is 34.8 Å². The molecule has 1 fully saturated rings. The standard InChI is InChI=1S/C14H19ClN2O3/c1-9-7-11(15)17-12(16-9)10-3-5-14(8-18,6-4-10)13(19)20-2/h7,10,18H,3-6,8H2,1-2H3. The maximum absolute atomic E-state index is 11.8. The van der Waals surface area contributed by atoms with Gasteiger partial charge in [-0.2, -0.15) is 0 Å². The monoisotopic (exact) mass is 298 g/mol. The van der Waals surface area contributed by atoms with Gasteiger partial charge in [0.15, 0.2) is 0 Å². The molecule has 110 valence electrons. The van der Waals surface area contributed by atoms with Gasteiger partial charge in [0.1, 0.15) is 11.0 Å². The fraction of sp³-hybridized carbons (Fsp3) is 0.643. The predicted octanol–water partition coefficient (Wildman–Crippen LogP) is 2.25. The molecule has 1 saturated carbocycles. The summed E-state index contributed by atoms with van der Waals surface area (Å²) in [6, 6.07) is 1.72. The number of ether oxygens (including phenoxy) is 1. The summed E-state index contributed by atoms with van der Waals surface area (Å²) in [7, 11) is 1.36. The molecule has 2 rings (SSSR count). The van der Waals surface area contributed by atoms with Crippen LogP contribution in [0.15, 0.2) is 6.07 Å². The van der Waals surface area contributed by atoms with Gasteiger partial charge in [0.05, 0.1) is 19.1 Å². The van der Waals surface area contributed by atoms with Gasteiger partial charge in [-0.05, 0) is 38.7 Å². The summed E-state index contributed by atoms with van der Waals surface area (Å²) in [6.07, 6.45) is 2.65. The Morgan fingerprint density at radius 3 is 2.65 bits per heavy atom. The van der Waals surface area contributed by atoms with Crippen molar-refractivity contribution in [3.63, 3.8) is 0 Å². The molecule has 0 unspecified atom stereocenters. The Kier molecular flexibility index (Phi) is 4.60. The molecule has 0 aromatic carbocycles. The van der Waals surface area contributed by atoms with Crippen LogP contribution in [0.5, 0.6) is 0 Å². The number of carbonyl (C=O) groups excluding carboxylic acids is 1. The largest absolute Gasteiger partial charge is 0.469 e. The third-order valence-electron chi connectivity index (χ3n) is 4.07. The molecule has 1 heterocycles. The van der Waals surface area contributed by atoms with Crippen molar-refractivity contribution >= 4 is 17.6 Å². The van der Waals surface area contributed by atoms with Crippen LogP contribution < -0.4 is 0 Å². The van der Waals surface area contributed by atoms with E-state index in [1.54, 1.807) is 6.07 Å². The number of aromatic nitrogens is 2. The SMILES string of the molecule is COC(=O)C1(CO)CCC(c2nc(C)cc(Cl)n2)CC1. The highest BCUT2D eigenvalue weighted by atomic mass is 35.5. The lowest BCUT2D eigenvalue weighted by Crippen LogP contribution is -2.39. The first kappa shape index (κ1) is 15.2.